The third-order valence-corrected chi connectivity index (χ3v) is 5.82. The summed E-state index contributed by atoms with van der Waals surface area (Å²) in [6.45, 7) is 15.3. The summed E-state index contributed by atoms with van der Waals surface area (Å²) in [5.41, 5.74) is 1.31. The monoisotopic (exact) mass is 537 g/mol. The van der Waals surface area contributed by atoms with Crippen LogP contribution in [0.3, 0.4) is 0 Å². The number of rotatable bonds is 12. The van der Waals surface area contributed by atoms with Gasteiger partial charge in [0.25, 0.3) is 5.91 Å². The first-order valence-electron chi connectivity index (χ1n) is 13.4. The number of methoxy groups -OCH3 is 1. The van der Waals surface area contributed by atoms with Gasteiger partial charge in [0.15, 0.2) is 0 Å². The molecule has 0 saturated heterocycles. The van der Waals surface area contributed by atoms with Crippen molar-refractivity contribution in [2.75, 3.05) is 19.0 Å². The molecule has 0 heterocycles. The molecule has 0 bridgehead atoms. The van der Waals surface area contributed by atoms with Crippen LogP contribution < -0.4 is 15.4 Å². The van der Waals surface area contributed by atoms with E-state index in [1.807, 2.05) is 45.0 Å². The number of ether oxygens (including phenoxy) is 2. The lowest BCUT2D eigenvalue weighted by Crippen LogP contribution is -2.53. The molecule has 0 aromatic heterocycles. The van der Waals surface area contributed by atoms with Crippen LogP contribution in [0.5, 0.6) is 5.75 Å². The summed E-state index contributed by atoms with van der Waals surface area (Å²) in [6.07, 6.45) is 2.02. The Bertz CT molecular complexity index is 1120. The zero-order chi connectivity index (χ0) is 29.2. The largest absolute Gasteiger partial charge is 0.497 e. The van der Waals surface area contributed by atoms with Crippen molar-refractivity contribution < 1.29 is 23.9 Å². The number of hydrogen-bond donors (Lipinski definition) is 2. The molecule has 2 aromatic rings. The average molecular weight is 538 g/mol. The van der Waals surface area contributed by atoms with Crippen molar-refractivity contribution >= 4 is 29.7 Å². The quantitative estimate of drug-likeness (QED) is 0.336. The lowest BCUT2D eigenvalue weighted by Gasteiger charge is -2.35. The smallest absolute Gasteiger partial charge is 0.408 e. The molecular weight excluding hydrogens is 494 g/mol. The lowest BCUT2D eigenvalue weighted by molar-refractivity contribution is -0.141. The molecule has 8 heteroatoms. The zero-order valence-corrected chi connectivity index (χ0v) is 24.2. The molecule has 212 valence electrons. The van der Waals surface area contributed by atoms with Crippen LogP contribution in [0.15, 0.2) is 55.1 Å². The van der Waals surface area contributed by atoms with Gasteiger partial charge in [0.05, 0.1) is 7.11 Å². The van der Waals surface area contributed by atoms with Crippen molar-refractivity contribution in [2.45, 2.75) is 72.1 Å². The van der Waals surface area contributed by atoms with E-state index in [9.17, 15) is 14.4 Å². The molecule has 8 nitrogen and oxygen atoms in total. The third kappa shape index (κ3) is 9.78. The second-order valence-electron chi connectivity index (χ2n) is 10.9. The molecule has 2 N–H and O–H groups in total. The van der Waals surface area contributed by atoms with Crippen LogP contribution >= 0.6 is 0 Å². The Labute approximate surface area is 232 Å². The van der Waals surface area contributed by atoms with E-state index in [1.165, 1.54) is 0 Å². The predicted molar refractivity (Wildman–Crippen MR) is 156 cm³/mol. The molecule has 39 heavy (non-hydrogen) atoms. The molecule has 0 aliphatic carbocycles. The molecule has 0 aliphatic heterocycles. The summed E-state index contributed by atoms with van der Waals surface area (Å²) in [4.78, 5) is 42.2. The maximum atomic E-state index is 14.1. The first-order valence-corrected chi connectivity index (χ1v) is 13.4. The number of anilines is 1. The summed E-state index contributed by atoms with van der Waals surface area (Å²) < 4.78 is 10.7. The predicted octanol–water partition coefficient (Wildman–Crippen LogP) is 6.20. The van der Waals surface area contributed by atoms with Crippen LogP contribution in [0.1, 0.15) is 71.6 Å². The van der Waals surface area contributed by atoms with Crippen molar-refractivity contribution in [3.63, 3.8) is 0 Å². The van der Waals surface area contributed by atoms with Gasteiger partial charge in [-0.05, 0) is 81.0 Å². The SMILES string of the molecule is C=Cc1cccc(C(C(=O)Nc2ccc(OC)cc2)N(CCC)C(=O)C(CC(C)C)NC(=O)OC(C)(C)C)c1. The fourth-order valence-electron chi connectivity index (χ4n) is 4.16. The standard InChI is InChI=1S/C31H43N3O5/c1-9-18-34(29(36)26(19-21(3)4)33-30(37)39-31(5,6)7)27(23-13-11-12-22(10-2)20-23)28(35)32-24-14-16-25(38-8)17-15-24/h10-17,20-21,26-27H,2,9,18-19H2,1,3-8H3,(H,32,35)(H,33,37). The van der Waals surface area contributed by atoms with Crippen LogP contribution in [0.4, 0.5) is 10.5 Å². The number of nitrogens with zero attached hydrogens (tertiary/aromatic N) is 1. The molecule has 2 rings (SSSR count). The summed E-state index contributed by atoms with van der Waals surface area (Å²) >= 11 is 0. The second-order valence-corrected chi connectivity index (χ2v) is 10.9. The summed E-state index contributed by atoms with van der Waals surface area (Å²) in [5.74, 6) is 0.0443. The number of benzene rings is 2. The fraction of sp³-hybridized carbons (Fsp3) is 0.452. The number of hydrogen-bond acceptors (Lipinski definition) is 5. The molecule has 0 saturated carbocycles. The van der Waals surface area contributed by atoms with Gasteiger partial charge >= 0.3 is 6.09 Å². The van der Waals surface area contributed by atoms with Crippen LogP contribution in [0.2, 0.25) is 0 Å². The van der Waals surface area contributed by atoms with E-state index >= 15 is 0 Å². The highest BCUT2D eigenvalue weighted by Gasteiger charge is 2.36. The van der Waals surface area contributed by atoms with Gasteiger partial charge in [-0.25, -0.2) is 4.79 Å². The minimum absolute atomic E-state index is 0.105. The van der Waals surface area contributed by atoms with Gasteiger partial charge in [-0.1, -0.05) is 51.6 Å². The van der Waals surface area contributed by atoms with Crippen LogP contribution in [0, 0.1) is 5.92 Å². The summed E-state index contributed by atoms with van der Waals surface area (Å²) in [7, 11) is 1.57. The molecule has 0 spiro atoms. The van der Waals surface area contributed by atoms with Gasteiger partial charge in [0, 0.05) is 12.2 Å². The van der Waals surface area contributed by atoms with Crippen molar-refractivity contribution in [3.8, 4) is 5.75 Å². The molecule has 0 aliphatic rings. The highest BCUT2D eigenvalue weighted by Crippen LogP contribution is 2.27. The summed E-state index contributed by atoms with van der Waals surface area (Å²) in [5, 5.41) is 5.71. The first-order chi connectivity index (χ1) is 18.4. The molecule has 2 unspecified atom stereocenters. The van der Waals surface area contributed by atoms with Crippen molar-refractivity contribution in [1.82, 2.24) is 10.2 Å². The number of nitrogens with one attached hydrogen (secondary N) is 2. The van der Waals surface area contributed by atoms with Crippen molar-refractivity contribution in [1.29, 1.82) is 0 Å². The van der Waals surface area contributed by atoms with Gasteiger partial charge in [-0.3, -0.25) is 9.59 Å². The van der Waals surface area contributed by atoms with Gasteiger partial charge in [-0.15, -0.1) is 0 Å². The van der Waals surface area contributed by atoms with Crippen molar-refractivity contribution in [2.24, 2.45) is 5.92 Å². The van der Waals surface area contributed by atoms with Gasteiger partial charge in [0.1, 0.15) is 23.4 Å². The third-order valence-electron chi connectivity index (χ3n) is 5.82. The Morgan fingerprint density at radius 1 is 1.08 bits per heavy atom. The molecule has 0 radical (unpaired) electrons. The lowest BCUT2D eigenvalue weighted by atomic mass is 9.98. The van der Waals surface area contributed by atoms with E-state index in [1.54, 1.807) is 63.1 Å². The Hall–Kier alpha value is -3.81. The highest BCUT2D eigenvalue weighted by atomic mass is 16.6. The topological polar surface area (TPSA) is 97.0 Å². The fourth-order valence-corrected chi connectivity index (χ4v) is 4.16. The van der Waals surface area contributed by atoms with E-state index in [-0.39, 0.29) is 17.7 Å². The van der Waals surface area contributed by atoms with E-state index < -0.39 is 23.8 Å². The van der Waals surface area contributed by atoms with E-state index in [2.05, 4.69) is 17.2 Å². The minimum atomic E-state index is -0.949. The zero-order valence-electron chi connectivity index (χ0n) is 24.2. The molecule has 2 atom stereocenters. The van der Waals surface area contributed by atoms with Gasteiger partial charge in [-0.2, -0.15) is 0 Å². The van der Waals surface area contributed by atoms with E-state index in [0.29, 0.717) is 36.4 Å². The van der Waals surface area contributed by atoms with Gasteiger partial charge < -0.3 is 25.0 Å². The van der Waals surface area contributed by atoms with E-state index in [4.69, 9.17) is 9.47 Å². The van der Waals surface area contributed by atoms with Crippen LogP contribution in [-0.4, -0.2) is 48.1 Å². The minimum Gasteiger partial charge on any atom is -0.497 e. The molecular formula is C31H43N3O5. The van der Waals surface area contributed by atoms with Crippen LogP contribution in [-0.2, 0) is 14.3 Å². The Kier molecular flexibility index (Phi) is 11.6. The van der Waals surface area contributed by atoms with E-state index in [0.717, 1.165) is 5.56 Å². The number of amides is 3. The van der Waals surface area contributed by atoms with Crippen LogP contribution in [0.25, 0.3) is 6.08 Å². The molecule has 2 aromatic carbocycles. The Balaban J connectivity index is 2.51. The first kappa shape index (κ1) is 31.4. The number of carbonyl (C=O) groups excluding carboxylic acids is 3. The number of carbonyl (C=O) groups is 3. The summed E-state index contributed by atoms with van der Waals surface area (Å²) in [6, 6.07) is 12.5. The second kappa shape index (κ2) is 14.4. The maximum Gasteiger partial charge on any atom is 0.408 e. The Morgan fingerprint density at radius 3 is 2.28 bits per heavy atom. The van der Waals surface area contributed by atoms with Gasteiger partial charge in [0.2, 0.25) is 5.91 Å². The molecule has 0 fully saturated rings. The van der Waals surface area contributed by atoms with Crippen molar-refractivity contribution in [3.05, 3.63) is 66.2 Å². The average Bonchev–Trinajstić information content (AvgIpc) is 2.86. The molecule has 3 amide bonds. The Morgan fingerprint density at radius 2 is 1.74 bits per heavy atom. The maximum absolute atomic E-state index is 14.1. The normalized spacial score (nSPS) is 12.7. The highest BCUT2D eigenvalue weighted by molar-refractivity contribution is 5.99. The number of alkyl carbamates (subject to hydrolysis) is 1.